The van der Waals surface area contributed by atoms with Crippen LogP contribution in [0.15, 0.2) is 47.6 Å². The molecule has 0 saturated heterocycles. The largest absolute Gasteiger partial charge is 0.477 e. The number of H-pyrrole nitrogens is 1. The zero-order valence-corrected chi connectivity index (χ0v) is 12.9. The molecule has 0 amide bonds. The third-order valence-electron chi connectivity index (χ3n) is 3.35. The number of aryl methyl sites for hydroxylation is 1. The summed E-state index contributed by atoms with van der Waals surface area (Å²) < 4.78 is 27.5. The van der Waals surface area contributed by atoms with Crippen LogP contribution in [0.2, 0.25) is 0 Å². The van der Waals surface area contributed by atoms with Gasteiger partial charge in [-0.25, -0.2) is 9.78 Å². The van der Waals surface area contributed by atoms with E-state index in [9.17, 15) is 13.2 Å². The SMILES string of the molecule is Cc1cccnc1S(=O)(=O)Nc1cccc2cc(C(=O)O)[nH]c12. The molecular formula is C15H13N3O4S. The van der Waals surface area contributed by atoms with Crippen molar-refractivity contribution in [2.24, 2.45) is 0 Å². The van der Waals surface area contributed by atoms with Gasteiger partial charge in [0.1, 0.15) is 5.69 Å². The van der Waals surface area contributed by atoms with Crippen molar-refractivity contribution >= 4 is 32.6 Å². The molecule has 8 heteroatoms. The molecule has 0 radical (unpaired) electrons. The van der Waals surface area contributed by atoms with Gasteiger partial charge in [-0.05, 0) is 30.7 Å². The molecule has 0 atom stereocenters. The number of nitrogens with zero attached hydrogens (tertiary/aromatic N) is 1. The van der Waals surface area contributed by atoms with Gasteiger partial charge in [0, 0.05) is 11.6 Å². The van der Waals surface area contributed by atoms with Crippen molar-refractivity contribution in [1.29, 1.82) is 0 Å². The van der Waals surface area contributed by atoms with Crippen LogP contribution in [0.25, 0.3) is 10.9 Å². The van der Waals surface area contributed by atoms with Crippen LogP contribution in [-0.4, -0.2) is 29.5 Å². The van der Waals surface area contributed by atoms with Crippen molar-refractivity contribution < 1.29 is 18.3 Å². The second kappa shape index (κ2) is 5.40. The fourth-order valence-electron chi connectivity index (χ4n) is 2.30. The maximum absolute atomic E-state index is 12.5. The summed E-state index contributed by atoms with van der Waals surface area (Å²) in [6, 6.07) is 9.65. The lowest BCUT2D eigenvalue weighted by atomic mass is 10.2. The lowest BCUT2D eigenvalue weighted by molar-refractivity contribution is 0.0691. The van der Waals surface area contributed by atoms with Crippen LogP contribution < -0.4 is 4.72 Å². The number of pyridine rings is 1. The van der Waals surface area contributed by atoms with E-state index in [-0.39, 0.29) is 16.4 Å². The summed E-state index contributed by atoms with van der Waals surface area (Å²) in [5, 5.41) is 9.57. The quantitative estimate of drug-likeness (QED) is 0.679. The first kappa shape index (κ1) is 15.0. The number of rotatable bonds is 4. The number of hydrogen-bond donors (Lipinski definition) is 3. The highest BCUT2D eigenvalue weighted by atomic mass is 32.2. The van der Waals surface area contributed by atoms with Gasteiger partial charge in [-0.1, -0.05) is 18.2 Å². The Balaban J connectivity index is 2.08. The minimum absolute atomic E-state index is 0.0133. The molecule has 118 valence electrons. The Kier molecular flexibility index (Phi) is 3.53. The summed E-state index contributed by atoms with van der Waals surface area (Å²) in [6.07, 6.45) is 1.40. The van der Waals surface area contributed by atoms with Crippen LogP contribution >= 0.6 is 0 Å². The van der Waals surface area contributed by atoms with E-state index < -0.39 is 16.0 Å². The van der Waals surface area contributed by atoms with E-state index in [0.29, 0.717) is 16.5 Å². The molecule has 3 N–H and O–H groups in total. The van der Waals surface area contributed by atoms with Crippen molar-refractivity contribution in [2.45, 2.75) is 11.9 Å². The minimum Gasteiger partial charge on any atom is -0.477 e. The Bertz CT molecular complexity index is 1010. The summed E-state index contributed by atoms with van der Waals surface area (Å²) in [5.41, 5.74) is 1.17. The summed E-state index contributed by atoms with van der Waals surface area (Å²) in [4.78, 5) is 17.7. The Morgan fingerprint density at radius 2 is 2.04 bits per heavy atom. The number of fused-ring (bicyclic) bond motifs is 1. The second-order valence-corrected chi connectivity index (χ2v) is 6.59. The number of carbonyl (C=O) groups is 1. The molecule has 2 heterocycles. The van der Waals surface area contributed by atoms with Gasteiger partial charge in [0.05, 0.1) is 11.2 Å². The Labute approximate surface area is 132 Å². The average molecular weight is 331 g/mol. The van der Waals surface area contributed by atoms with E-state index in [1.165, 1.54) is 12.3 Å². The van der Waals surface area contributed by atoms with Crippen LogP contribution in [0.1, 0.15) is 16.1 Å². The van der Waals surface area contributed by atoms with E-state index >= 15 is 0 Å². The van der Waals surface area contributed by atoms with Crippen LogP contribution in [0.3, 0.4) is 0 Å². The van der Waals surface area contributed by atoms with Gasteiger partial charge in [-0.3, -0.25) is 4.72 Å². The van der Waals surface area contributed by atoms with Crippen molar-refractivity contribution in [3.8, 4) is 0 Å². The Morgan fingerprint density at radius 3 is 2.74 bits per heavy atom. The number of benzene rings is 1. The molecule has 0 bridgehead atoms. The summed E-state index contributed by atoms with van der Waals surface area (Å²) >= 11 is 0. The number of hydrogen-bond acceptors (Lipinski definition) is 4. The molecule has 0 aliphatic heterocycles. The zero-order valence-electron chi connectivity index (χ0n) is 12.1. The van der Waals surface area contributed by atoms with E-state index in [1.807, 2.05) is 0 Å². The topological polar surface area (TPSA) is 112 Å². The molecule has 2 aromatic heterocycles. The van der Waals surface area contributed by atoms with E-state index in [0.717, 1.165) is 0 Å². The summed E-state index contributed by atoms with van der Waals surface area (Å²) in [7, 11) is -3.87. The van der Waals surface area contributed by atoms with E-state index in [4.69, 9.17) is 5.11 Å². The fraction of sp³-hybridized carbons (Fsp3) is 0.0667. The smallest absolute Gasteiger partial charge is 0.352 e. The number of para-hydroxylation sites is 1. The number of aromatic amines is 1. The van der Waals surface area contributed by atoms with Gasteiger partial charge >= 0.3 is 5.97 Å². The lowest BCUT2D eigenvalue weighted by Gasteiger charge is -2.10. The number of anilines is 1. The van der Waals surface area contributed by atoms with Crippen molar-refractivity contribution in [2.75, 3.05) is 4.72 Å². The van der Waals surface area contributed by atoms with Crippen molar-refractivity contribution in [3.63, 3.8) is 0 Å². The highest BCUT2D eigenvalue weighted by Gasteiger charge is 2.20. The molecule has 0 spiro atoms. The Morgan fingerprint density at radius 1 is 1.26 bits per heavy atom. The molecule has 1 aromatic carbocycles. The van der Waals surface area contributed by atoms with Crippen molar-refractivity contribution in [1.82, 2.24) is 9.97 Å². The molecule has 3 aromatic rings. The first-order chi connectivity index (χ1) is 10.9. The third-order valence-corrected chi connectivity index (χ3v) is 4.77. The maximum atomic E-state index is 12.5. The normalized spacial score (nSPS) is 11.5. The first-order valence-electron chi connectivity index (χ1n) is 6.68. The fourth-order valence-corrected chi connectivity index (χ4v) is 3.55. The van der Waals surface area contributed by atoms with Crippen LogP contribution in [0, 0.1) is 6.92 Å². The predicted octanol–water partition coefficient (Wildman–Crippen LogP) is 2.37. The number of carboxylic acid groups (broad SMARTS) is 1. The van der Waals surface area contributed by atoms with Gasteiger partial charge in [-0.15, -0.1) is 0 Å². The second-order valence-electron chi connectivity index (χ2n) is 4.99. The molecule has 0 saturated carbocycles. The van der Waals surface area contributed by atoms with Crippen LogP contribution in [-0.2, 0) is 10.0 Å². The number of sulfonamides is 1. The molecule has 0 aliphatic carbocycles. The van der Waals surface area contributed by atoms with Crippen LogP contribution in [0.4, 0.5) is 5.69 Å². The summed E-state index contributed by atoms with van der Waals surface area (Å²) in [5.74, 6) is -1.12. The molecule has 0 unspecified atom stereocenters. The zero-order chi connectivity index (χ0) is 16.6. The first-order valence-corrected chi connectivity index (χ1v) is 8.16. The molecular weight excluding hydrogens is 318 g/mol. The van der Waals surface area contributed by atoms with Crippen LogP contribution in [0.5, 0.6) is 0 Å². The average Bonchev–Trinajstić information content (AvgIpc) is 2.92. The van der Waals surface area contributed by atoms with Crippen molar-refractivity contribution in [3.05, 3.63) is 53.9 Å². The van der Waals surface area contributed by atoms with Gasteiger partial charge in [0.2, 0.25) is 0 Å². The van der Waals surface area contributed by atoms with E-state index in [2.05, 4.69) is 14.7 Å². The molecule has 23 heavy (non-hydrogen) atoms. The Hall–Kier alpha value is -2.87. The van der Waals surface area contributed by atoms with E-state index in [1.54, 1.807) is 37.3 Å². The standard InChI is InChI=1S/C15H13N3O4S/c1-9-4-3-7-16-14(9)23(21,22)18-11-6-2-5-10-8-12(15(19)20)17-13(10)11/h2-8,17-18H,1H3,(H,19,20). The third kappa shape index (κ3) is 2.76. The number of aromatic nitrogens is 2. The highest BCUT2D eigenvalue weighted by Crippen LogP contribution is 2.26. The molecule has 7 nitrogen and oxygen atoms in total. The van der Waals surface area contributed by atoms with Gasteiger partial charge in [0.15, 0.2) is 5.03 Å². The molecule has 3 rings (SSSR count). The molecule has 0 fully saturated rings. The minimum atomic E-state index is -3.87. The summed E-state index contributed by atoms with van der Waals surface area (Å²) in [6.45, 7) is 1.65. The van der Waals surface area contributed by atoms with Gasteiger partial charge in [0.25, 0.3) is 10.0 Å². The number of carboxylic acids is 1. The predicted molar refractivity (Wildman–Crippen MR) is 85.0 cm³/mol. The monoisotopic (exact) mass is 331 g/mol. The number of nitrogens with one attached hydrogen (secondary N) is 2. The molecule has 0 aliphatic rings. The van der Waals surface area contributed by atoms with Gasteiger partial charge < -0.3 is 10.1 Å². The number of aromatic carboxylic acids is 1. The van der Waals surface area contributed by atoms with Gasteiger partial charge in [-0.2, -0.15) is 8.42 Å². The maximum Gasteiger partial charge on any atom is 0.352 e. The lowest BCUT2D eigenvalue weighted by Crippen LogP contribution is -2.16. The highest BCUT2D eigenvalue weighted by molar-refractivity contribution is 7.92.